The maximum atomic E-state index is 14.2. The van der Waals surface area contributed by atoms with Crippen LogP contribution in [-0.4, -0.2) is 43.8 Å². The van der Waals surface area contributed by atoms with E-state index in [2.05, 4.69) is 5.32 Å². The van der Waals surface area contributed by atoms with Gasteiger partial charge in [0.2, 0.25) is 10.0 Å². The number of nitrogens with one attached hydrogen (secondary N) is 1. The van der Waals surface area contributed by atoms with Crippen molar-refractivity contribution in [2.24, 2.45) is 0 Å². The quantitative estimate of drug-likeness (QED) is 0.660. The summed E-state index contributed by atoms with van der Waals surface area (Å²) in [7, 11) is -4.10. The molecule has 0 spiro atoms. The molecule has 29 heavy (non-hydrogen) atoms. The van der Waals surface area contributed by atoms with Gasteiger partial charge in [0.1, 0.15) is 10.7 Å². The van der Waals surface area contributed by atoms with E-state index in [0.717, 1.165) is 22.5 Å². The first-order valence-corrected chi connectivity index (χ1v) is 10.5. The summed E-state index contributed by atoms with van der Waals surface area (Å²) >= 11 is 0. The molecular weight excluding hydrogens is 399 g/mol. The number of esters is 1. The lowest BCUT2D eigenvalue weighted by Crippen LogP contribution is -2.32. The highest BCUT2D eigenvalue weighted by atomic mass is 32.2. The Morgan fingerprint density at radius 2 is 1.72 bits per heavy atom. The molecule has 2 aromatic rings. The Labute approximate surface area is 169 Å². The minimum Gasteiger partial charge on any atom is -0.449 e. The SMILES string of the molecule is CCN(CC)S(=O)(=O)c1cc(C(=O)OC(C)C(=O)Nc2ccccc2)ccc1F. The molecular formula is C20H23FN2O5S. The number of rotatable bonds is 8. The molecule has 1 atom stereocenters. The molecule has 9 heteroatoms. The molecule has 2 aromatic carbocycles. The number of halogens is 1. The predicted molar refractivity (Wildman–Crippen MR) is 106 cm³/mol. The van der Waals surface area contributed by atoms with Crippen LogP contribution in [0.4, 0.5) is 10.1 Å². The van der Waals surface area contributed by atoms with E-state index < -0.39 is 38.7 Å². The van der Waals surface area contributed by atoms with Crippen LogP contribution in [0, 0.1) is 5.82 Å². The van der Waals surface area contributed by atoms with Crippen LogP contribution in [0.3, 0.4) is 0 Å². The van der Waals surface area contributed by atoms with Gasteiger partial charge in [0.25, 0.3) is 5.91 Å². The summed E-state index contributed by atoms with van der Waals surface area (Å²) in [6.07, 6.45) is -1.14. The van der Waals surface area contributed by atoms with E-state index in [1.165, 1.54) is 6.92 Å². The minimum atomic E-state index is -4.10. The molecule has 2 rings (SSSR count). The van der Waals surface area contributed by atoms with Crippen molar-refractivity contribution in [1.82, 2.24) is 4.31 Å². The number of carbonyl (C=O) groups is 2. The van der Waals surface area contributed by atoms with Gasteiger partial charge in [-0.15, -0.1) is 0 Å². The maximum Gasteiger partial charge on any atom is 0.338 e. The molecule has 1 amide bonds. The second-order valence-electron chi connectivity index (χ2n) is 6.14. The van der Waals surface area contributed by atoms with Gasteiger partial charge in [-0.1, -0.05) is 32.0 Å². The molecule has 0 saturated heterocycles. The summed E-state index contributed by atoms with van der Waals surface area (Å²) in [5.41, 5.74) is 0.367. The highest BCUT2D eigenvalue weighted by Gasteiger charge is 2.27. The number of hydrogen-bond donors (Lipinski definition) is 1. The molecule has 0 aliphatic rings. The highest BCUT2D eigenvalue weighted by Crippen LogP contribution is 2.21. The first-order valence-electron chi connectivity index (χ1n) is 9.07. The topological polar surface area (TPSA) is 92.8 Å². The van der Waals surface area contributed by atoms with Crippen LogP contribution < -0.4 is 5.32 Å². The number of carbonyl (C=O) groups excluding carboxylic acids is 2. The number of sulfonamides is 1. The first kappa shape index (κ1) is 22.5. The molecule has 0 fully saturated rings. The molecule has 0 heterocycles. The molecule has 0 aromatic heterocycles. The van der Waals surface area contributed by atoms with E-state index in [1.54, 1.807) is 44.2 Å². The predicted octanol–water partition coefficient (Wildman–Crippen LogP) is 3.04. The number of ether oxygens (including phenoxy) is 1. The number of anilines is 1. The summed E-state index contributed by atoms with van der Waals surface area (Å²) in [5.74, 6) is -2.46. The third-order valence-electron chi connectivity index (χ3n) is 4.18. The van der Waals surface area contributed by atoms with Gasteiger partial charge < -0.3 is 10.1 Å². The fourth-order valence-electron chi connectivity index (χ4n) is 2.58. The zero-order chi connectivity index (χ0) is 21.6. The smallest absolute Gasteiger partial charge is 0.338 e. The van der Waals surface area contributed by atoms with Crippen molar-refractivity contribution in [2.75, 3.05) is 18.4 Å². The summed E-state index contributed by atoms with van der Waals surface area (Å²) in [4.78, 5) is 23.9. The molecule has 0 saturated carbocycles. The van der Waals surface area contributed by atoms with E-state index >= 15 is 0 Å². The van der Waals surface area contributed by atoms with Crippen molar-refractivity contribution in [1.29, 1.82) is 0 Å². The number of benzene rings is 2. The molecule has 1 N–H and O–H groups in total. The average molecular weight is 422 g/mol. The lowest BCUT2D eigenvalue weighted by Gasteiger charge is -2.19. The van der Waals surface area contributed by atoms with E-state index in [9.17, 15) is 22.4 Å². The summed E-state index contributed by atoms with van der Waals surface area (Å²) < 4.78 is 45.5. The molecule has 7 nitrogen and oxygen atoms in total. The van der Waals surface area contributed by atoms with Gasteiger partial charge in [-0.3, -0.25) is 4.79 Å². The maximum absolute atomic E-state index is 14.2. The molecule has 0 aliphatic carbocycles. The van der Waals surface area contributed by atoms with Gasteiger partial charge in [-0.2, -0.15) is 4.31 Å². The number of para-hydroxylation sites is 1. The molecule has 0 bridgehead atoms. The molecule has 156 valence electrons. The zero-order valence-electron chi connectivity index (χ0n) is 16.4. The fraction of sp³-hybridized carbons (Fsp3) is 0.300. The Bertz CT molecular complexity index is 976. The zero-order valence-corrected chi connectivity index (χ0v) is 17.2. The van der Waals surface area contributed by atoms with E-state index in [4.69, 9.17) is 4.74 Å². The van der Waals surface area contributed by atoms with E-state index in [0.29, 0.717) is 5.69 Å². The van der Waals surface area contributed by atoms with Crippen molar-refractivity contribution in [3.63, 3.8) is 0 Å². The average Bonchev–Trinajstić information content (AvgIpc) is 2.69. The largest absolute Gasteiger partial charge is 0.449 e. The lowest BCUT2D eigenvalue weighted by molar-refractivity contribution is -0.123. The summed E-state index contributed by atoms with van der Waals surface area (Å²) in [6, 6.07) is 11.5. The fourth-order valence-corrected chi connectivity index (χ4v) is 4.13. The van der Waals surface area contributed by atoms with Crippen LogP contribution in [0.15, 0.2) is 53.4 Å². The second-order valence-corrected chi connectivity index (χ2v) is 8.04. The Hall–Kier alpha value is -2.78. The van der Waals surface area contributed by atoms with Crippen LogP contribution in [-0.2, 0) is 19.6 Å². The lowest BCUT2D eigenvalue weighted by atomic mass is 10.2. The van der Waals surface area contributed by atoms with Gasteiger partial charge in [0.15, 0.2) is 6.10 Å². The van der Waals surface area contributed by atoms with Crippen molar-refractivity contribution < 1.29 is 27.1 Å². The number of nitrogens with zero attached hydrogens (tertiary/aromatic N) is 1. The Morgan fingerprint density at radius 1 is 1.10 bits per heavy atom. The van der Waals surface area contributed by atoms with Gasteiger partial charge in [0, 0.05) is 18.8 Å². The van der Waals surface area contributed by atoms with E-state index in [-0.39, 0.29) is 18.7 Å². The van der Waals surface area contributed by atoms with Crippen LogP contribution >= 0.6 is 0 Å². The third kappa shape index (κ3) is 5.39. The normalized spacial score (nSPS) is 12.4. The number of amides is 1. The molecule has 1 unspecified atom stereocenters. The van der Waals surface area contributed by atoms with E-state index in [1.807, 2.05) is 0 Å². The minimum absolute atomic E-state index is 0.156. The van der Waals surface area contributed by atoms with Crippen molar-refractivity contribution in [2.45, 2.75) is 31.8 Å². The Morgan fingerprint density at radius 3 is 2.31 bits per heavy atom. The van der Waals surface area contributed by atoms with Crippen LogP contribution in [0.1, 0.15) is 31.1 Å². The van der Waals surface area contributed by atoms with Crippen LogP contribution in [0.2, 0.25) is 0 Å². The Balaban J connectivity index is 2.18. The van der Waals surface area contributed by atoms with Crippen molar-refractivity contribution in [3.8, 4) is 0 Å². The monoisotopic (exact) mass is 422 g/mol. The summed E-state index contributed by atoms with van der Waals surface area (Å²) in [6.45, 7) is 4.95. The standard InChI is InChI=1S/C20H23FN2O5S/c1-4-23(5-2)29(26,27)18-13-15(11-12-17(18)21)20(25)28-14(3)19(24)22-16-9-7-6-8-10-16/h6-14H,4-5H2,1-3H3,(H,22,24). The number of hydrogen-bond acceptors (Lipinski definition) is 5. The second kappa shape index (κ2) is 9.62. The van der Waals surface area contributed by atoms with Crippen LogP contribution in [0.25, 0.3) is 0 Å². The first-order chi connectivity index (χ1) is 13.7. The van der Waals surface area contributed by atoms with Crippen molar-refractivity contribution in [3.05, 3.63) is 59.9 Å². The van der Waals surface area contributed by atoms with Crippen molar-refractivity contribution >= 4 is 27.6 Å². The van der Waals surface area contributed by atoms with Crippen LogP contribution in [0.5, 0.6) is 0 Å². The highest BCUT2D eigenvalue weighted by molar-refractivity contribution is 7.89. The van der Waals surface area contributed by atoms with Gasteiger partial charge in [-0.05, 0) is 37.3 Å². The van der Waals surface area contributed by atoms with Gasteiger partial charge >= 0.3 is 5.97 Å². The van der Waals surface area contributed by atoms with Gasteiger partial charge in [0.05, 0.1) is 5.56 Å². The Kier molecular flexibility index (Phi) is 7.46. The molecule has 0 aliphatic heterocycles. The molecule has 0 radical (unpaired) electrons. The summed E-state index contributed by atoms with van der Waals surface area (Å²) in [5, 5.41) is 2.59. The third-order valence-corrected chi connectivity index (χ3v) is 6.25. The van der Waals surface area contributed by atoms with Gasteiger partial charge in [-0.25, -0.2) is 17.6 Å².